The van der Waals surface area contributed by atoms with Crippen molar-refractivity contribution in [1.29, 1.82) is 0 Å². The molecule has 0 aromatic heterocycles. The molecule has 2 heteroatoms. The second kappa shape index (κ2) is 6.88. The number of hydrogen-bond acceptors (Lipinski definition) is 2. The lowest BCUT2D eigenvalue weighted by atomic mass is 9.75. The van der Waals surface area contributed by atoms with Crippen molar-refractivity contribution in [2.24, 2.45) is 17.8 Å². The number of Topliss-reactive ketones (excluding diaryl/α,β-unsaturated/α-hetero) is 1. The fourth-order valence-electron chi connectivity index (χ4n) is 3.95. The number of rotatable bonds is 4. The van der Waals surface area contributed by atoms with Crippen LogP contribution >= 0.6 is 0 Å². The minimum atomic E-state index is 0.313. The van der Waals surface area contributed by atoms with Crippen LogP contribution in [0.1, 0.15) is 65.2 Å². The lowest BCUT2D eigenvalue weighted by Crippen LogP contribution is -2.41. The molecular formula is C17H31NO. The average molecular weight is 265 g/mol. The molecular weight excluding hydrogens is 234 g/mol. The van der Waals surface area contributed by atoms with Crippen molar-refractivity contribution in [3.63, 3.8) is 0 Å². The number of carbonyl (C=O) groups excluding carboxylic acids is 1. The van der Waals surface area contributed by atoms with Gasteiger partial charge in [-0.25, -0.2) is 0 Å². The van der Waals surface area contributed by atoms with Gasteiger partial charge in [-0.3, -0.25) is 4.79 Å². The summed E-state index contributed by atoms with van der Waals surface area (Å²) in [5.41, 5.74) is 0. The van der Waals surface area contributed by atoms with E-state index in [9.17, 15) is 4.79 Å². The van der Waals surface area contributed by atoms with Gasteiger partial charge in [0.05, 0.1) is 0 Å². The third kappa shape index (κ3) is 4.05. The van der Waals surface area contributed by atoms with Gasteiger partial charge in [0.25, 0.3) is 0 Å². The monoisotopic (exact) mass is 265 g/mol. The molecule has 0 N–H and O–H groups in total. The summed E-state index contributed by atoms with van der Waals surface area (Å²) in [7, 11) is 2.24. The van der Waals surface area contributed by atoms with Gasteiger partial charge in [0.15, 0.2) is 0 Å². The first kappa shape index (κ1) is 15.0. The van der Waals surface area contributed by atoms with Crippen molar-refractivity contribution in [3.8, 4) is 0 Å². The number of hydrogen-bond donors (Lipinski definition) is 0. The van der Waals surface area contributed by atoms with Crippen LogP contribution in [-0.2, 0) is 4.79 Å². The Morgan fingerprint density at radius 2 is 1.84 bits per heavy atom. The quantitative estimate of drug-likeness (QED) is 0.768. The Morgan fingerprint density at radius 1 is 1.16 bits per heavy atom. The molecule has 2 atom stereocenters. The number of carbonyl (C=O) groups is 1. The maximum absolute atomic E-state index is 12.2. The Kier molecular flexibility index (Phi) is 5.44. The Hall–Kier alpha value is -0.370. The van der Waals surface area contributed by atoms with Crippen LogP contribution in [0.2, 0.25) is 0 Å². The first-order chi connectivity index (χ1) is 9.08. The molecule has 0 bridgehead atoms. The standard InChI is InChI=1S/C17H31NO/c1-13(2)14-9-10-17(19)15(11-14)12-18(3)16-7-5-4-6-8-16/h13-16H,4-12H2,1-3H3. The normalized spacial score (nSPS) is 30.3. The van der Waals surface area contributed by atoms with Gasteiger partial charge < -0.3 is 4.90 Å². The zero-order valence-electron chi connectivity index (χ0n) is 13.0. The third-order valence-corrected chi connectivity index (χ3v) is 5.45. The zero-order chi connectivity index (χ0) is 13.8. The second-order valence-electron chi connectivity index (χ2n) is 7.17. The molecule has 2 saturated carbocycles. The molecule has 0 spiro atoms. The van der Waals surface area contributed by atoms with Crippen molar-refractivity contribution in [2.75, 3.05) is 13.6 Å². The molecule has 0 radical (unpaired) electrons. The molecule has 0 heterocycles. The summed E-state index contributed by atoms with van der Waals surface area (Å²) in [5, 5.41) is 0. The van der Waals surface area contributed by atoms with E-state index in [4.69, 9.17) is 0 Å². The van der Waals surface area contributed by atoms with Crippen LogP contribution in [0.3, 0.4) is 0 Å². The van der Waals surface area contributed by atoms with Crippen LogP contribution in [0.5, 0.6) is 0 Å². The van der Waals surface area contributed by atoms with Crippen molar-refractivity contribution >= 4 is 5.78 Å². The highest BCUT2D eigenvalue weighted by atomic mass is 16.1. The number of nitrogens with zero attached hydrogens (tertiary/aromatic N) is 1. The van der Waals surface area contributed by atoms with Crippen molar-refractivity contribution in [3.05, 3.63) is 0 Å². The van der Waals surface area contributed by atoms with Crippen LogP contribution < -0.4 is 0 Å². The molecule has 110 valence electrons. The summed E-state index contributed by atoms with van der Waals surface area (Å²) in [5.74, 6) is 2.34. The van der Waals surface area contributed by atoms with Gasteiger partial charge in [0, 0.05) is 24.9 Å². The lowest BCUT2D eigenvalue weighted by Gasteiger charge is -2.37. The molecule has 2 unspecified atom stereocenters. The van der Waals surface area contributed by atoms with Crippen molar-refractivity contribution < 1.29 is 4.79 Å². The fraction of sp³-hybridized carbons (Fsp3) is 0.941. The molecule has 2 aliphatic carbocycles. The van der Waals surface area contributed by atoms with E-state index in [0.29, 0.717) is 11.7 Å². The van der Waals surface area contributed by atoms with E-state index in [1.165, 1.54) is 32.1 Å². The first-order valence-electron chi connectivity index (χ1n) is 8.31. The van der Waals surface area contributed by atoms with E-state index in [1.807, 2.05) is 0 Å². The lowest BCUT2D eigenvalue weighted by molar-refractivity contribution is -0.126. The highest BCUT2D eigenvalue weighted by Crippen LogP contribution is 2.33. The van der Waals surface area contributed by atoms with Crippen LogP contribution in [0.15, 0.2) is 0 Å². The fourth-order valence-corrected chi connectivity index (χ4v) is 3.95. The van der Waals surface area contributed by atoms with E-state index < -0.39 is 0 Å². The van der Waals surface area contributed by atoms with Gasteiger partial charge in [0.2, 0.25) is 0 Å². The largest absolute Gasteiger partial charge is 0.303 e. The van der Waals surface area contributed by atoms with Crippen LogP contribution in [0, 0.1) is 17.8 Å². The van der Waals surface area contributed by atoms with Gasteiger partial charge in [-0.15, -0.1) is 0 Å². The molecule has 0 aromatic carbocycles. The van der Waals surface area contributed by atoms with E-state index in [2.05, 4.69) is 25.8 Å². The third-order valence-electron chi connectivity index (χ3n) is 5.45. The summed E-state index contributed by atoms with van der Waals surface area (Å²) in [6.45, 7) is 5.62. The molecule has 0 aromatic rings. The Balaban J connectivity index is 1.86. The smallest absolute Gasteiger partial charge is 0.137 e. The first-order valence-corrected chi connectivity index (χ1v) is 8.31. The highest BCUT2D eigenvalue weighted by molar-refractivity contribution is 5.82. The minimum absolute atomic E-state index is 0.313. The van der Waals surface area contributed by atoms with E-state index in [-0.39, 0.29) is 0 Å². The summed E-state index contributed by atoms with van der Waals surface area (Å²) in [6.07, 6.45) is 9.92. The molecule has 0 amide bonds. The maximum Gasteiger partial charge on any atom is 0.137 e. The minimum Gasteiger partial charge on any atom is -0.303 e. The van der Waals surface area contributed by atoms with Crippen LogP contribution in [0.25, 0.3) is 0 Å². The van der Waals surface area contributed by atoms with Gasteiger partial charge in [-0.1, -0.05) is 33.1 Å². The maximum atomic E-state index is 12.2. The predicted octanol–water partition coefficient (Wildman–Crippen LogP) is 3.89. The Labute approximate surface area is 118 Å². The molecule has 2 nitrogen and oxygen atoms in total. The summed E-state index contributed by atoms with van der Waals surface area (Å²) in [6, 6.07) is 0.737. The van der Waals surface area contributed by atoms with E-state index in [0.717, 1.165) is 43.7 Å². The second-order valence-corrected chi connectivity index (χ2v) is 7.17. The summed E-state index contributed by atoms with van der Waals surface area (Å²) < 4.78 is 0. The topological polar surface area (TPSA) is 20.3 Å². The summed E-state index contributed by atoms with van der Waals surface area (Å²) >= 11 is 0. The average Bonchev–Trinajstić information content (AvgIpc) is 2.42. The zero-order valence-corrected chi connectivity index (χ0v) is 13.0. The molecule has 0 saturated heterocycles. The predicted molar refractivity (Wildman–Crippen MR) is 80.2 cm³/mol. The van der Waals surface area contributed by atoms with Gasteiger partial charge in [-0.2, -0.15) is 0 Å². The molecule has 2 rings (SSSR count). The Morgan fingerprint density at radius 3 is 2.47 bits per heavy atom. The van der Waals surface area contributed by atoms with Gasteiger partial charge >= 0.3 is 0 Å². The van der Waals surface area contributed by atoms with Crippen molar-refractivity contribution in [2.45, 2.75) is 71.3 Å². The van der Waals surface area contributed by atoms with E-state index >= 15 is 0 Å². The van der Waals surface area contributed by atoms with Gasteiger partial charge in [0.1, 0.15) is 5.78 Å². The Bertz CT molecular complexity index is 294. The van der Waals surface area contributed by atoms with Crippen molar-refractivity contribution in [1.82, 2.24) is 4.90 Å². The molecule has 2 aliphatic rings. The highest BCUT2D eigenvalue weighted by Gasteiger charge is 2.32. The van der Waals surface area contributed by atoms with Crippen LogP contribution in [0.4, 0.5) is 0 Å². The van der Waals surface area contributed by atoms with Gasteiger partial charge in [-0.05, 0) is 44.6 Å². The van der Waals surface area contributed by atoms with E-state index in [1.54, 1.807) is 0 Å². The summed E-state index contributed by atoms with van der Waals surface area (Å²) in [4.78, 5) is 14.6. The molecule has 2 fully saturated rings. The van der Waals surface area contributed by atoms with Crippen LogP contribution in [-0.4, -0.2) is 30.3 Å². The molecule has 0 aliphatic heterocycles. The molecule has 19 heavy (non-hydrogen) atoms. The SMILES string of the molecule is CC(C)C1CCC(=O)C(CN(C)C2CCCCC2)C1. The number of ketones is 1.